The molecule has 128 valence electrons. The minimum atomic E-state index is -0.267. The number of aliphatic hydroxyl groups excluding tert-OH is 1. The Kier molecular flexibility index (Phi) is 9.87. The van der Waals surface area contributed by atoms with E-state index in [1.165, 1.54) is 32.1 Å². The Hall–Kier alpha value is -1.10. The van der Waals surface area contributed by atoms with Crippen molar-refractivity contribution in [3.8, 4) is 0 Å². The van der Waals surface area contributed by atoms with Crippen molar-refractivity contribution in [1.29, 1.82) is 0 Å². The Morgan fingerprint density at radius 1 is 1.14 bits per heavy atom. The van der Waals surface area contributed by atoms with E-state index in [4.69, 9.17) is 9.84 Å². The highest BCUT2D eigenvalue weighted by Crippen LogP contribution is 2.27. The predicted molar refractivity (Wildman–Crippen MR) is 85.3 cm³/mol. The number of rotatable bonds is 10. The standard InChI is InChI=1S/C17H31NO4/c1-2-22-17(21)11-13-18(12-6-14-19)16(20)10-9-15-7-4-3-5-8-15/h15,19H,2-14H2,1H3. The quantitative estimate of drug-likeness (QED) is 0.629. The maximum atomic E-state index is 12.4. The van der Waals surface area contributed by atoms with Gasteiger partial charge in [0.2, 0.25) is 5.91 Å². The number of hydrogen-bond donors (Lipinski definition) is 1. The summed E-state index contributed by atoms with van der Waals surface area (Å²) >= 11 is 0. The molecular weight excluding hydrogens is 282 g/mol. The fourth-order valence-corrected chi connectivity index (χ4v) is 3.04. The van der Waals surface area contributed by atoms with E-state index in [0.717, 1.165) is 6.42 Å². The molecule has 0 atom stereocenters. The number of nitrogens with zero attached hydrogens (tertiary/aromatic N) is 1. The van der Waals surface area contributed by atoms with Crippen LogP contribution in [-0.2, 0) is 14.3 Å². The van der Waals surface area contributed by atoms with Gasteiger partial charge in [0.15, 0.2) is 0 Å². The third kappa shape index (κ3) is 7.78. The smallest absolute Gasteiger partial charge is 0.307 e. The molecule has 1 fully saturated rings. The SMILES string of the molecule is CCOC(=O)CCN(CCCO)C(=O)CCC1CCCCC1. The monoisotopic (exact) mass is 313 g/mol. The van der Waals surface area contributed by atoms with Gasteiger partial charge >= 0.3 is 5.97 Å². The van der Waals surface area contributed by atoms with Crippen LogP contribution in [0.4, 0.5) is 0 Å². The maximum absolute atomic E-state index is 12.4. The highest BCUT2D eigenvalue weighted by atomic mass is 16.5. The van der Waals surface area contributed by atoms with Gasteiger partial charge in [-0.25, -0.2) is 0 Å². The number of hydrogen-bond acceptors (Lipinski definition) is 4. The molecule has 1 amide bonds. The largest absolute Gasteiger partial charge is 0.466 e. The normalized spacial score (nSPS) is 15.5. The van der Waals surface area contributed by atoms with Crippen molar-refractivity contribution in [1.82, 2.24) is 4.90 Å². The van der Waals surface area contributed by atoms with Crippen molar-refractivity contribution in [3.63, 3.8) is 0 Å². The average molecular weight is 313 g/mol. The molecule has 0 aromatic carbocycles. The van der Waals surface area contributed by atoms with Crippen molar-refractivity contribution in [2.24, 2.45) is 5.92 Å². The van der Waals surface area contributed by atoms with E-state index in [1.807, 2.05) is 0 Å². The summed E-state index contributed by atoms with van der Waals surface area (Å²) in [6.07, 6.45) is 8.68. The summed E-state index contributed by atoms with van der Waals surface area (Å²) in [5, 5.41) is 8.96. The van der Waals surface area contributed by atoms with Gasteiger partial charge in [-0.1, -0.05) is 32.1 Å². The number of aliphatic hydroxyl groups is 1. The Balaban J connectivity index is 2.35. The first-order valence-corrected chi connectivity index (χ1v) is 8.71. The zero-order chi connectivity index (χ0) is 16.2. The van der Waals surface area contributed by atoms with Gasteiger partial charge in [0.25, 0.3) is 0 Å². The van der Waals surface area contributed by atoms with Gasteiger partial charge in [-0.05, 0) is 25.7 Å². The van der Waals surface area contributed by atoms with Crippen LogP contribution in [0.2, 0.25) is 0 Å². The molecule has 5 nitrogen and oxygen atoms in total. The van der Waals surface area contributed by atoms with Crippen LogP contribution >= 0.6 is 0 Å². The molecule has 0 aliphatic heterocycles. The van der Waals surface area contributed by atoms with Crippen LogP contribution in [0.3, 0.4) is 0 Å². The molecule has 0 aromatic rings. The van der Waals surface area contributed by atoms with E-state index < -0.39 is 0 Å². The lowest BCUT2D eigenvalue weighted by Crippen LogP contribution is -2.34. The topological polar surface area (TPSA) is 66.8 Å². The molecular formula is C17H31NO4. The van der Waals surface area contributed by atoms with Crippen LogP contribution < -0.4 is 0 Å². The van der Waals surface area contributed by atoms with Gasteiger partial charge in [0.1, 0.15) is 0 Å². The average Bonchev–Trinajstić information content (AvgIpc) is 2.54. The molecule has 1 N–H and O–H groups in total. The van der Waals surface area contributed by atoms with Gasteiger partial charge < -0.3 is 14.7 Å². The molecule has 0 radical (unpaired) electrons. The van der Waals surface area contributed by atoms with E-state index in [-0.39, 0.29) is 24.9 Å². The van der Waals surface area contributed by atoms with Crippen LogP contribution in [0.15, 0.2) is 0 Å². The molecule has 22 heavy (non-hydrogen) atoms. The predicted octanol–water partition coefficient (Wildman–Crippen LogP) is 2.51. The third-order valence-electron chi connectivity index (χ3n) is 4.32. The molecule has 1 saturated carbocycles. The molecule has 0 spiro atoms. The summed E-state index contributed by atoms with van der Waals surface area (Å²) in [4.78, 5) is 25.5. The Morgan fingerprint density at radius 3 is 2.50 bits per heavy atom. The second kappa shape index (κ2) is 11.5. The molecule has 0 unspecified atom stereocenters. The summed E-state index contributed by atoms with van der Waals surface area (Å²) in [6, 6.07) is 0. The Bertz CT molecular complexity index is 327. The van der Waals surface area contributed by atoms with E-state index >= 15 is 0 Å². The second-order valence-electron chi connectivity index (χ2n) is 6.06. The van der Waals surface area contributed by atoms with Crippen LogP contribution in [-0.4, -0.2) is 48.2 Å². The summed E-state index contributed by atoms with van der Waals surface area (Å²) in [6.45, 7) is 3.11. The first-order chi connectivity index (χ1) is 10.7. The molecule has 1 aliphatic rings. The van der Waals surface area contributed by atoms with E-state index in [9.17, 15) is 9.59 Å². The van der Waals surface area contributed by atoms with Crippen LogP contribution in [0, 0.1) is 5.92 Å². The number of carbonyl (C=O) groups is 2. The second-order valence-corrected chi connectivity index (χ2v) is 6.06. The highest BCUT2D eigenvalue weighted by molar-refractivity contribution is 5.77. The van der Waals surface area contributed by atoms with E-state index in [1.54, 1.807) is 11.8 Å². The van der Waals surface area contributed by atoms with Gasteiger partial charge in [-0.15, -0.1) is 0 Å². The molecule has 1 rings (SSSR count). The fraction of sp³-hybridized carbons (Fsp3) is 0.882. The van der Waals surface area contributed by atoms with Gasteiger partial charge in [0, 0.05) is 26.1 Å². The van der Waals surface area contributed by atoms with Crippen LogP contribution in [0.1, 0.15) is 64.7 Å². The lowest BCUT2D eigenvalue weighted by Gasteiger charge is -2.25. The minimum Gasteiger partial charge on any atom is -0.466 e. The van der Waals surface area contributed by atoms with Gasteiger partial charge in [-0.2, -0.15) is 0 Å². The first kappa shape index (κ1) is 18.9. The van der Waals surface area contributed by atoms with Crippen molar-refractivity contribution >= 4 is 11.9 Å². The van der Waals surface area contributed by atoms with Crippen molar-refractivity contribution in [2.45, 2.75) is 64.7 Å². The fourth-order valence-electron chi connectivity index (χ4n) is 3.04. The van der Waals surface area contributed by atoms with E-state index in [0.29, 0.717) is 38.5 Å². The molecule has 0 saturated heterocycles. The zero-order valence-electron chi connectivity index (χ0n) is 13.9. The Morgan fingerprint density at radius 2 is 1.86 bits per heavy atom. The van der Waals surface area contributed by atoms with Crippen LogP contribution in [0.25, 0.3) is 0 Å². The molecule has 1 aliphatic carbocycles. The molecule has 0 heterocycles. The van der Waals surface area contributed by atoms with Crippen molar-refractivity contribution in [3.05, 3.63) is 0 Å². The summed E-state index contributed by atoms with van der Waals surface area (Å²) in [5.74, 6) is 0.516. The Labute approximate surface area is 134 Å². The highest BCUT2D eigenvalue weighted by Gasteiger charge is 2.19. The lowest BCUT2D eigenvalue weighted by molar-refractivity contribution is -0.144. The number of amides is 1. The third-order valence-corrected chi connectivity index (χ3v) is 4.32. The lowest BCUT2D eigenvalue weighted by atomic mass is 9.86. The summed E-state index contributed by atoms with van der Waals surface area (Å²) in [5.41, 5.74) is 0. The van der Waals surface area contributed by atoms with Crippen molar-refractivity contribution in [2.75, 3.05) is 26.3 Å². The maximum Gasteiger partial charge on any atom is 0.307 e. The summed E-state index contributed by atoms with van der Waals surface area (Å²) < 4.78 is 4.91. The van der Waals surface area contributed by atoms with Crippen molar-refractivity contribution < 1.29 is 19.4 Å². The van der Waals surface area contributed by atoms with Gasteiger partial charge in [0.05, 0.1) is 13.0 Å². The summed E-state index contributed by atoms with van der Waals surface area (Å²) in [7, 11) is 0. The molecule has 0 bridgehead atoms. The first-order valence-electron chi connectivity index (χ1n) is 8.71. The number of esters is 1. The molecule has 0 aromatic heterocycles. The number of ether oxygens (including phenoxy) is 1. The zero-order valence-corrected chi connectivity index (χ0v) is 13.9. The van der Waals surface area contributed by atoms with Gasteiger partial charge in [-0.3, -0.25) is 9.59 Å². The minimum absolute atomic E-state index is 0.0613. The van der Waals surface area contributed by atoms with Crippen LogP contribution in [0.5, 0.6) is 0 Å². The number of carbonyl (C=O) groups excluding carboxylic acids is 2. The van der Waals surface area contributed by atoms with E-state index in [2.05, 4.69) is 0 Å². The molecule has 5 heteroatoms.